The second-order valence-electron chi connectivity index (χ2n) is 5.30. The third-order valence-electron chi connectivity index (χ3n) is 3.82. The van der Waals surface area contributed by atoms with Crippen molar-refractivity contribution >= 4 is 22.5 Å². The van der Waals surface area contributed by atoms with Crippen LogP contribution in [0.3, 0.4) is 0 Å². The van der Waals surface area contributed by atoms with Crippen molar-refractivity contribution in [1.82, 2.24) is 14.9 Å². The second kappa shape index (κ2) is 6.03. The molecule has 0 amide bonds. The van der Waals surface area contributed by atoms with Crippen LogP contribution in [0.4, 0.5) is 0 Å². The molecule has 1 aliphatic rings. The van der Waals surface area contributed by atoms with Crippen LogP contribution in [0.1, 0.15) is 12.8 Å². The molecule has 0 aliphatic carbocycles. The zero-order valence-electron chi connectivity index (χ0n) is 12.2. The van der Waals surface area contributed by atoms with Gasteiger partial charge in [0, 0.05) is 25.2 Å². The molecule has 0 saturated carbocycles. The molecular weight excluding hydrogens is 290 g/mol. The fourth-order valence-electron chi connectivity index (χ4n) is 2.58. The Balaban J connectivity index is 1.96. The zero-order valence-corrected chi connectivity index (χ0v) is 12.9. The molecule has 112 valence electrons. The van der Waals surface area contributed by atoms with Crippen LogP contribution in [0.25, 0.3) is 10.9 Å². The van der Waals surface area contributed by atoms with Crippen LogP contribution >= 0.6 is 11.6 Å². The first-order chi connectivity index (χ1) is 10.2. The highest BCUT2D eigenvalue weighted by molar-refractivity contribution is 6.34. The molecule has 1 aliphatic heterocycles. The fourth-order valence-corrected chi connectivity index (χ4v) is 2.82. The molecule has 5 nitrogen and oxygen atoms in total. The van der Waals surface area contributed by atoms with Crippen LogP contribution in [0.5, 0.6) is 11.5 Å². The first kappa shape index (κ1) is 14.4. The highest BCUT2D eigenvalue weighted by Crippen LogP contribution is 2.35. The Morgan fingerprint density at radius 2 is 2.00 bits per heavy atom. The minimum absolute atomic E-state index is 0.188. The topological polar surface area (TPSA) is 47.5 Å². The summed E-state index contributed by atoms with van der Waals surface area (Å²) in [7, 11) is 3.76. The van der Waals surface area contributed by atoms with Crippen molar-refractivity contribution in [1.29, 1.82) is 0 Å². The molecule has 0 atom stereocenters. The summed E-state index contributed by atoms with van der Waals surface area (Å²) in [5, 5.41) is 1.16. The normalized spacial score (nSPS) is 17.1. The van der Waals surface area contributed by atoms with Gasteiger partial charge in [0.2, 0.25) is 0 Å². The lowest BCUT2D eigenvalue weighted by Gasteiger charge is -2.29. The number of ether oxygens (including phenoxy) is 2. The summed E-state index contributed by atoms with van der Waals surface area (Å²) in [5.41, 5.74) is 0.734. The molecule has 0 radical (unpaired) electrons. The van der Waals surface area contributed by atoms with Gasteiger partial charge in [0.05, 0.1) is 18.0 Å². The number of benzene rings is 1. The predicted molar refractivity (Wildman–Crippen MR) is 82.2 cm³/mol. The first-order valence-electron chi connectivity index (χ1n) is 7.01. The molecule has 0 bridgehead atoms. The van der Waals surface area contributed by atoms with Crippen molar-refractivity contribution in [2.24, 2.45) is 0 Å². The van der Waals surface area contributed by atoms with Gasteiger partial charge in [-0.1, -0.05) is 11.6 Å². The minimum Gasteiger partial charge on any atom is -0.497 e. The smallest absolute Gasteiger partial charge is 0.144 e. The van der Waals surface area contributed by atoms with Gasteiger partial charge in [0.1, 0.15) is 29.1 Å². The number of hydrogen-bond acceptors (Lipinski definition) is 5. The van der Waals surface area contributed by atoms with E-state index in [1.165, 1.54) is 6.33 Å². The van der Waals surface area contributed by atoms with Crippen molar-refractivity contribution in [3.63, 3.8) is 0 Å². The highest BCUT2D eigenvalue weighted by atomic mass is 35.5. The van der Waals surface area contributed by atoms with E-state index in [0.717, 1.165) is 36.8 Å². The Hall–Kier alpha value is -1.59. The fraction of sp³-hybridized carbons (Fsp3) is 0.467. The van der Waals surface area contributed by atoms with Crippen molar-refractivity contribution in [2.75, 3.05) is 27.2 Å². The van der Waals surface area contributed by atoms with Crippen LogP contribution in [-0.2, 0) is 0 Å². The molecule has 1 aromatic carbocycles. The maximum absolute atomic E-state index is 6.22. The van der Waals surface area contributed by atoms with Crippen LogP contribution in [0.2, 0.25) is 5.15 Å². The predicted octanol–water partition coefficient (Wildman–Crippen LogP) is 2.76. The number of rotatable bonds is 3. The number of piperidine rings is 1. The molecule has 1 fully saturated rings. The van der Waals surface area contributed by atoms with Gasteiger partial charge >= 0.3 is 0 Å². The quantitative estimate of drug-likeness (QED) is 0.816. The average molecular weight is 308 g/mol. The maximum atomic E-state index is 6.22. The monoisotopic (exact) mass is 307 g/mol. The van der Waals surface area contributed by atoms with E-state index in [1.54, 1.807) is 7.11 Å². The van der Waals surface area contributed by atoms with Crippen LogP contribution in [0, 0.1) is 0 Å². The van der Waals surface area contributed by atoms with E-state index in [1.807, 2.05) is 12.1 Å². The van der Waals surface area contributed by atoms with E-state index in [4.69, 9.17) is 21.1 Å². The number of aromatic nitrogens is 2. The summed E-state index contributed by atoms with van der Waals surface area (Å²) >= 11 is 6.22. The van der Waals surface area contributed by atoms with Gasteiger partial charge in [0.15, 0.2) is 0 Å². The lowest BCUT2D eigenvalue weighted by Crippen LogP contribution is -2.35. The van der Waals surface area contributed by atoms with E-state index < -0.39 is 0 Å². The Kier molecular flexibility index (Phi) is 4.12. The van der Waals surface area contributed by atoms with E-state index in [9.17, 15) is 0 Å². The zero-order chi connectivity index (χ0) is 14.8. The van der Waals surface area contributed by atoms with Gasteiger partial charge in [-0.25, -0.2) is 9.97 Å². The van der Waals surface area contributed by atoms with Crippen LogP contribution < -0.4 is 9.47 Å². The van der Waals surface area contributed by atoms with Gasteiger partial charge in [-0.2, -0.15) is 0 Å². The van der Waals surface area contributed by atoms with E-state index in [0.29, 0.717) is 16.7 Å². The number of methoxy groups -OCH3 is 1. The Morgan fingerprint density at radius 3 is 2.71 bits per heavy atom. The molecule has 0 unspecified atom stereocenters. The highest BCUT2D eigenvalue weighted by Gasteiger charge is 2.20. The number of fused-ring (bicyclic) bond motifs is 1. The number of nitrogens with zero attached hydrogens (tertiary/aromatic N) is 3. The molecule has 1 saturated heterocycles. The summed E-state index contributed by atoms with van der Waals surface area (Å²) in [5.74, 6) is 1.41. The average Bonchev–Trinajstić information content (AvgIpc) is 2.49. The SMILES string of the molecule is COc1cc(OC2CCN(C)CC2)c2c(Cl)ncnc2c1. The molecule has 2 heterocycles. The first-order valence-corrected chi connectivity index (χ1v) is 7.38. The van der Waals surface area contributed by atoms with E-state index >= 15 is 0 Å². The number of likely N-dealkylation sites (tertiary alicyclic amines) is 1. The van der Waals surface area contributed by atoms with E-state index in [-0.39, 0.29) is 6.10 Å². The summed E-state index contributed by atoms with van der Waals surface area (Å²) in [6.45, 7) is 2.08. The molecular formula is C15H18ClN3O2. The largest absolute Gasteiger partial charge is 0.497 e. The summed E-state index contributed by atoms with van der Waals surface area (Å²) in [4.78, 5) is 10.6. The summed E-state index contributed by atoms with van der Waals surface area (Å²) in [6.07, 6.45) is 3.64. The van der Waals surface area contributed by atoms with Gasteiger partial charge in [0.25, 0.3) is 0 Å². The Labute approximate surface area is 128 Å². The van der Waals surface area contributed by atoms with Crippen LogP contribution in [-0.4, -0.2) is 48.2 Å². The van der Waals surface area contributed by atoms with Gasteiger partial charge in [-0.3, -0.25) is 0 Å². The van der Waals surface area contributed by atoms with Gasteiger partial charge in [-0.05, 0) is 19.9 Å². The Morgan fingerprint density at radius 1 is 1.24 bits per heavy atom. The van der Waals surface area contributed by atoms with E-state index in [2.05, 4.69) is 21.9 Å². The Bertz CT molecular complexity index is 642. The number of halogens is 1. The molecule has 21 heavy (non-hydrogen) atoms. The minimum atomic E-state index is 0.188. The second-order valence-corrected chi connectivity index (χ2v) is 5.66. The molecule has 3 rings (SSSR count). The van der Waals surface area contributed by atoms with Crippen molar-refractivity contribution in [3.05, 3.63) is 23.6 Å². The standard InChI is InChI=1S/C15H18ClN3O2/c1-19-5-3-10(4-6-19)21-13-8-11(20-2)7-12-14(13)15(16)18-9-17-12/h7-10H,3-6H2,1-2H3. The molecule has 0 spiro atoms. The summed E-state index contributed by atoms with van der Waals surface area (Å²) < 4.78 is 11.5. The van der Waals surface area contributed by atoms with Crippen molar-refractivity contribution in [2.45, 2.75) is 18.9 Å². The summed E-state index contributed by atoms with van der Waals surface area (Å²) in [6, 6.07) is 3.69. The molecule has 0 N–H and O–H groups in total. The third-order valence-corrected chi connectivity index (χ3v) is 4.11. The number of hydrogen-bond donors (Lipinski definition) is 0. The van der Waals surface area contributed by atoms with Gasteiger partial charge < -0.3 is 14.4 Å². The molecule has 2 aromatic rings. The maximum Gasteiger partial charge on any atom is 0.144 e. The molecule has 6 heteroatoms. The lowest BCUT2D eigenvalue weighted by atomic mass is 10.1. The van der Waals surface area contributed by atoms with Crippen molar-refractivity contribution < 1.29 is 9.47 Å². The van der Waals surface area contributed by atoms with Crippen molar-refractivity contribution in [3.8, 4) is 11.5 Å². The lowest BCUT2D eigenvalue weighted by molar-refractivity contribution is 0.115. The third kappa shape index (κ3) is 3.04. The van der Waals surface area contributed by atoms with Crippen LogP contribution in [0.15, 0.2) is 18.5 Å². The van der Waals surface area contributed by atoms with Gasteiger partial charge in [-0.15, -0.1) is 0 Å². The molecule has 1 aromatic heterocycles.